The van der Waals surface area contributed by atoms with E-state index in [0.29, 0.717) is 18.1 Å². The van der Waals surface area contributed by atoms with Gasteiger partial charge in [-0.2, -0.15) is 0 Å². The van der Waals surface area contributed by atoms with Gasteiger partial charge in [-0.3, -0.25) is 4.98 Å². The number of benzene rings is 1. The molecule has 2 saturated heterocycles. The first-order valence-electron chi connectivity index (χ1n) is 13.8. The van der Waals surface area contributed by atoms with Gasteiger partial charge in [0.05, 0.1) is 41.6 Å². The van der Waals surface area contributed by atoms with Gasteiger partial charge in [0.1, 0.15) is 11.6 Å². The molecule has 0 amide bonds. The summed E-state index contributed by atoms with van der Waals surface area (Å²) >= 11 is 0. The standard InChI is InChI=1S/C30H35N7/c1-17-11-19(25-15-33-29(36-25)24-5-3-4-10-31-24)7-9-23(17)27-18(2)12-21(14-32-27)26-16-34-30(37-26)28-20-6-8-22(13-20)35-28/h7,9,11-12,14-16,20,22,24,28,31,35H,3-6,8,10,13H2,1-2H3,(H,33,36)(H,34,37)/t20-,22+,24?,28-/m0/s1. The maximum absolute atomic E-state index is 4.91. The molecule has 1 aromatic carbocycles. The first-order valence-corrected chi connectivity index (χ1v) is 13.8. The van der Waals surface area contributed by atoms with Crippen molar-refractivity contribution in [2.45, 2.75) is 70.5 Å². The van der Waals surface area contributed by atoms with Crippen LogP contribution in [-0.4, -0.2) is 37.5 Å². The number of hydrogen-bond donors (Lipinski definition) is 4. The van der Waals surface area contributed by atoms with E-state index >= 15 is 0 Å². The molecule has 1 unspecified atom stereocenters. The molecule has 3 fully saturated rings. The van der Waals surface area contributed by atoms with Crippen molar-refractivity contribution in [2.24, 2.45) is 5.92 Å². The second-order valence-electron chi connectivity index (χ2n) is 11.2. The van der Waals surface area contributed by atoms with Crippen LogP contribution in [0.4, 0.5) is 0 Å². The third kappa shape index (κ3) is 4.20. The van der Waals surface area contributed by atoms with Gasteiger partial charge in [-0.15, -0.1) is 0 Å². The van der Waals surface area contributed by atoms with E-state index in [0.717, 1.165) is 69.9 Å². The zero-order chi connectivity index (χ0) is 24.9. The molecule has 4 aromatic rings. The third-order valence-corrected chi connectivity index (χ3v) is 8.67. The summed E-state index contributed by atoms with van der Waals surface area (Å²) in [5, 5.41) is 7.31. The minimum atomic E-state index is 0.337. The number of aromatic amines is 2. The van der Waals surface area contributed by atoms with Gasteiger partial charge in [-0.1, -0.05) is 18.6 Å². The van der Waals surface area contributed by atoms with Crippen molar-refractivity contribution < 1.29 is 0 Å². The van der Waals surface area contributed by atoms with Crippen molar-refractivity contribution in [1.29, 1.82) is 0 Å². The molecule has 2 aliphatic heterocycles. The second-order valence-corrected chi connectivity index (χ2v) is 11.2. The Morgan fingerprint density at radius 2 is 1.59 bits per heavy atom. The van der Waals surface area contributed by atoms with Gasteiger partial charge in [0.2, 0.25) is 0 Å². The molecule has 7 nitrogen and oxygen atoms in total. The highest BCUT2D eigenvalue weighted by Gasteiger charge is 2.41. The van der Waals surface area contributed by atoms with Gasteiger partial charge in [0, 0.05) is 23.4 Å². The average Bonchev–Trinajstić information content (AvgIpc) is 3.74. The molecule has 4 atom stereocenters. The highest BCUT2D eigenvalue weighted by Crippen LogP contribution is 2.42. The molecule has 0 spiro atoms. The number of nitrogens with zero attached hydrogens (tertiary/aromatic N) is 3. The summed E-state index contributed by atoms with van der Waals surface area (Å²) in [5.41, 5.74) is 8.90. The lowest BCUT2D eigenvalue weighted by Gasteiger charge is -2.21. The van der Waals surface area contributed by atoms with Crippen molar-refractivity contribution in [2.75, 3.05) is 6.54 Å². The van der Waals surface area contributed by atoms with Crippen molar-refractivity contribution in [3.05, 3.63) is 65.6 Å². The Labute approximate surface area is 218 Å². The highest BCUT2D eigenvalue weighted by atomic mass is 15.1. The Hall–Kier alpha value is -3.29. The van der Waals surface area contributed by atoms with Crippen molar-refractivity contribution in [3.8, 4) is 33.8 Å². The molecule has 0 radical (unpaired) electrons. The maximum Gasteiger partial charge on any atom is 0.124 e. The lowest BCUT2D eigenvalue weighted by Crippen LogP contribution is -2.29. The van der Waals surface area contributed by atoms with Gasteiger partial charge in [0.25, 0.3) is 0 Å². The smallest absolute Gasteiger partial charge is 0.124 e. The molecule has 7 rings (SSSR count). The first-order chi connectivity index (χ1) is 18.1. The lowest BCUT2D eigenvalue weighted by atomic mass is 9.97. The minimum Gasteiger partial charge on any atom is -0.341 e. The van der Waals surface area contributed by atoms with E-state index in [1.54, 1.807) is 0 Å². The summed E-state index contributed by atoms with van der Waals surface area (Å²) in [6, 6.07) is 10.2. The van der Waals surface area contributed by atoms with E-state index in [1.807, 2.05) is 18.6 Å². The summed E-state index contributed by atoms with van der Waals surface area (Å²) < 4.78 is 0. The zero-order valence-electron chi connectivity index (χ0n) is 21.6. The SMILES string of the molecule is Cc1cc(-c2cnc(C3CCCCN3)[nH]2)ccc1-c1ncc(-c2cnc([C@H]3N[C@@H]4CC[C@H]3C4)[nH]2)cc1C. The number of piperidine rings is 2. The quantitative estimate of drug-likeness (QED) is 0.283. The fourth-order valence-electron chi connectivity index (χ4n) is 6.65. The van der Waals surface area contributed by atoms with Gasteiger partial charge in [-0.05, 0) is 87.2 Å². The summed E-state index contributed by atoms with van der Waals surface area (Å²) in [5.74, 6) is 2.83. The molecule has 190 valence electrons. The van der Waals surface area contributed by atoms with Crippen molar-refractivity contribution >= 4 is 0 Å². The summed E-state index contributed by atoms with van der Waals surface area (Å²) in [6.07, 6.45) is 13.4. The number of fused-ring (bicyclic) bond motifs is 2. The van der Waals surface area contributed by atoms with Gasteiger partial charge >= 0.3 is 0 Å². The number of imidazole rings is 2. The molecule has 5 heterocycles. The Morgan fingerprint density at radius 3 is 2.32 bits per heavy atom. The molecule has 7 heteroatoms. The van der Waals surface area contributed by atoms with Gasteiger partial charge in [-0.25, -0.2) is 9.97 Å². The molecule has 4 N–H and O–H groups in total. The van der Waals surface area contributed by atoms with E-state index in [-0.39, 0.29) is 0 Å². The van der Waals surface area contributed by atoms with Crippen molar-refractivity contribution in [3.63, 3.8) is 0 Å². The van der Waals surface area contributed by atoms with Crippen LogP contribution in [0.25, 0.3) is 33.8 Å². The first kappa shape index (κ1) is 22.9. The number of aryl methyl sites for hydroxylation is 2. The minimum absolute atomic E-state index is 0.337. The average molecular weight is 494 g/mol. The summed E-state index contributed by atoms with van der Waals surface area (Å²) in [6.45, 7) is 5.38. The van der Waals surface area contributed by atoms with Crippen LogP contribution < -0.4 is 10.6 Å². The number of nitrogens with one attached hydrogen (secondary N) is 4. The topological polar surface area (TPSA) is 94.3 Å². The molecular weight excluding hydrogens is 458 g/mol. The monoisotopic (exact) mass is 493 g/mol. The molecule has 1 aliphatic carbocycles. The largest absolute Gasteiger partial charge is 0.341 e. The number of rotatable bonds is 5. The van der Waals surface area contributed by atoms with Crippen LogP contribution in [0.2, 0.25) is 0 Å². The Balaban J connectivity index is 1.11. The summed E-state index contributed by atoms with van der Waals surface area (Å²) in [4.78, 5) is 21.4. The molecule has 3 aliphatic rings. The van der Waals surface area contributed by atoms with Gasteiger partial charge < -0.3 is 20.6 Å². The number of hydrogen-bond acceptors (Lipinski definition) is 5. The number of H-pyrrole nitrogens is 2. The normalized spacial score (nSPS) is 25.1. The highest BCUT2D eigenvalue weighted by molar-refractivity contribution is 5.73. The van der Waals surface area contributed by atoms with Crippen LogP contribution in [0.3, 0.4) is 0 Å². The van der Waals surface area contributed by atoms with E-state index < -0.39 is 0 Å². The molecular formula is C30H35N7. The van der Waals surface area contributed by atoms with E-state index in [9.17, 15) is 0 Å². The number of aromatic nitrogens is 5. The Kier molecular flexibility index (Phi) is 5.70. The van der Waals surface area contributed by atoms with Crippen molar-refractivity contribution in [1.82, 2.24) is 35.6 Å². The molecule has 2 bridgehead atoms. The molecule has 3 aromatic heterocycles. The Bertz CT molecular complexity index is 1430. The third-order valence-electron chi connectivity index (χ3n) is 8.67. The Morgan fingerprint density at radius 1 is 0.784 bits per heavy atom. The van der Waals surface area contributed by atoms with Crippen LogP contribution in [0.15, 0.2) is 42.9 Å². The fraction of sp³-hybridized carbons (Fsp3) is 0.433. The zero-order valence-corrected chi connectivity index (χ0v) is 21.6. The van der Waals surface area contributed by atoms with Crippen LogP contribution in [0, 0.1) is 19.8 Å². The lowest BCUT2D eigenvalue weighted by molar-refractivity contribution is 0.379. The predicted molar refractivity (Wildman–Crippen MR) is 146 cm³/mol. The van der Waals surface area contributed by atoms with Crippen LogP contribution >= 0.6 is 0 Å². The van der Waals surface area contributed by atoms with E-state index in [4.69, 9.17) is 9.97 Å². The molecule has 1 saturated carbocycles. The number of pyridine rings is 1. The fourth-order valence-corrected chi connectivity index (χ4v) is 6.65. The molecule has 37 heavy (non-hydrogen) atoms. The van der Waals surface area contributed by atoms with Crippen LogP contribution in [0.1, 0.15) is 73.4 Å². The van der Waals surface area contributed by atoms with Crippen LogP contribution in [-0.2, 0) is 0 Å². The van der Waals surface area contributed by atoms with E-state index in [1.165, 1.54) is 37.7 Å². The van der Waals surface area contributed by atoms with Crippen LogP contribution in [0.5, 0.6) is 0 Å². The maximum atomic E-state index is 4.91. The predicted octanol–water partition coefficient (Wildman–Crippen LogP) is 5.77. The summed E-state index contributed by atoms with van der Waals surface area (Å²) in [7, 11) is 0. The van der Waals surface area contributed by atoms with E-state index in [2.05, 4.69) is 63.7 Å². The second kappa shape index (κ2) is 9.23. The van der Waals surface area contributed by atoms with Gasteiger partial charge in [0.15, 0.2) is 0 Å².